The van der Waals surface area contributed by atoms with Crippen molar-refractivity contribution < 1.29 is 5.11 Å². The third kappa shape index (κ3) is 3.41. The minimum Gasteiger partial charge on any atom is -0.392 e. The van der Waals surface area contributed by atoms with Gasteiger partial charge in [0.05, 0.1) is 6.10 Å². The first-order chi connectivity index (χ1) is 8.20. The van der Waals surface area contributed by atoms with Crippen LogP contribution in [0.15, 0.2) is 0 Å². The van der Waals surface area contributed by atoms with Gasteiger partial charge in [-0.25, -0.2) is 0 Å². The fourth-order valence-corrected chi connectivity index (χ4v) is 3.16. The van der Waals surface area contributed by atoms with Crippen molar-refractivity contribution in [2.75, 3.05) is 32.7 Å². The van der Waals surface area contributed by atoms with E-state index in [1.165, 1.54) is 38.9 Å². The molecule has 100 valence electrons. The zero-order valence-electron chi connectivity index (χ0n) is 11.0. The summed E-state index contributed by atoms with van der Waals surface area (Å²) in [5.41, 5.74) is 5.45. The third-order valence-electron chi connectivity index (χ3n) is 4.34. The van der Waals surface area contributed by atoms with E-state index in [9.17, 15) is 5.11 Å². The van der Waals surface area contributed by atoms with Crippen molar-refractivity contribution in [3.05, 3.63) is 0 Å². The van der Waals surface area contributed by atoms with Crippen LogP contribution in [0.1, 0.15) is 32.6 Å². The van der Waals surface area contributed by atoms with Crippen LogP contribution in [0.5, 0.6) is 0 Å². The van der Waals surface area contributed by atoms with E-state index in [4.69, 9.17) is 5.73 Å². The van der Waals surface area contributed by atoms with Crippen molar-refractivity contribution in [2.24, 2.45) is 5.73 Å². The van der Waals surface area contributed by atoms with Crippen LogP contribution in [-0.4, -0.2) is 65.8 Å². The Morgan fingerprint density at radius 2 is 2.18 bits per heavy atom. The minimum atomic E-state index is -0.327. The molecule has 0 bridgehead atoms. The van der Waals surface area contributed by atoms with Crippen LogP contribution >= 0.6 is 0 Å². The zero-order chi connectivity index (χ0) is 12.3. The molecule has 0 radical (unpaired) electrons. The second-order valence-corrected chi connectivity index (χ2v) is 5.67. The van der Waals surface area contributed by atoms with Crippen molar-refractivity contribution in [3.8, 4) is 0 Å². The molecular weight excluding hydrogens is 214 g/mol. The van der Waals surface area contributed by atoms with Gasteiger partial charge in [-0.15, -0.1) is 0 Å². The fourth-order valence-electron chi connectivity index (χ4n) is 3.16. The van der Waals surface area contributed by atoms with Gasteiger partial charge in [0.25, 0.3) is 0 Å². The molecule has 3 N–H and O–H groups in total. The predicted molar refractivity (Wildman–Crippen MR) is 69.9 cm³/mol. The Kier molecular flexibility index (Phi) is 4.79. The Morgan fingerprint density at radius 3 is 2.94 bits per heavy atom. The number of rotatable bonds is 4. The lowest BCUT2D eigenvalue weighted by atomic mass is 9.97. The number of hydrogen-bond acceptors (Lipinski definition) is 4. The number of piperazine rings is 1. The smallest absolute Gasteiger partial charge is 0.0674 e. The highest BCUT2D eigenvalue weighted by Crippen LogP contribution is 2.24. The molecule has 0 aliphatic carbocycles. The lowest BCUT2D eigenvalue weighted by Gasteiger charge is -2.47. The van der Waals surface area contributed by atoms with Gasteiger partial charge in [-0.05, 0) is 32.7 Å². The summed E-state index contributed by atoms with van der Waals surface area (Å²) in [7, 11) is 0. The monoisotopic (exact) mass is 241 g/mol. The number of fused-ring (bicyclic) bond motifs is 1. The number of aliphatic hydroxyl groups excluding tert-OH is 1. The maximum Gasteiger partial charge on any atom is 0.0674 e. The first-order valence-corrected chi connectivity index (χ1v) is 7.07. The van der Waals surface area contributed by atoms with E-state index in [0.29, 0.717) is 12.6 Å². The van der Waals surface area contributed by atoms with Crippen molar-refractivity contribution in [1.29, 1.82) is 0 Å². The Balaban J connectivity index is 1.82. The lowest BCUT2D eigenvalue weighted by Crippen LogP contribution is -2.58. The summed E-state index contributed by atoms with van der Waals surface area (Å²) in [6.45, 7) is 7.34. The highest BCUT2D eigenvalue weighted by molar-refractivity contribution is 4.89. The maximum atomic E-state index is 9.55. The quantitative estimate of drug-likeness (QED) is 0.741. The molecular formula is C13H27N3O. The molecule has 0 aromatic rings. The van der Waals surface area contributed by atoms with Crippen molar-refractivity contribution in [2.45, 2.75) is 50.8 Å². The van der Waals surface area contributed by atoms with Crippen LogP contribution in [0.25, 0.3) is 0 Å². The molecule has 3 unspecified atom stereocenters. The Labute approximate surface area is 105 Å². The van der Waals surface area contributed by atoms with Gasteiger partial charge in [0, 0.05) is 38.3 Å². The SMILES string of the molecule is CC1CN2CCCCC2CN1CCC(O)CN. The molecule has 0 aromatic carbocycles. The van der Waals surface area contributed by atoms with Crippen LogP contribution in [0.2, 0.25) is 0 Å². The number of nitrogens with two attached hydrogens (primary N) is 1. The molecule has 0 aromatic heterocycles. The normalized spacial score (nSPS) is 33.4. The van der Waals surface area contributed by atoms with Crippen LogP contribution in [0.3, 0.4) is 0 Å². The summed E-state index contributed by atoms with van der Waals surface area (Å²) >= 11 is 0. The van der Waals surface area contributed by atoms with Gasteiger partial charge in [0.15, 0.2) is 0 Å². The summed E-state index contributed by atoms with van der Waals surface area (Å²) in [6, 6.07) is 1.38. The van der Waals surface area contributed by atoms with Gasteiger partial charge in [-0.2, -0.15) is 0 Å². The van der Waals surface area contributed by atoms with E-state index in [-0.39, 0.29) is 6.10 Å². The average molecular weight is 241 g/mol. The topological polar surface area (TPSA) is 52.7 Å². The van der Waals surface area contributed by atoms with Gasteiger partial charge in [-0.1, -0.05) is 6.42 Å². The molecule has 3 atom stereocenters. The minimum absolute atomic E-state index is 0.327. The predicted octanol–water partition coefficient (Wildman–Crippen LogP) is 0.255. The molecule has 4 nitrogen and oxygen atoms in total. The summed E-state index contributed by atoms with van der Waals surface area (Å²) in [4.78, 5) is 5.19. The third-order valence-corrected chi connectivity index (χ3v) is 4.34. The van der Waals surface area contributed by atoms with E-state index in [1.54, 1.807) is 0 Å². The van der Waals surface area contributed by atoms with Gasteiger partial charge >= 0.3 is 0 Å². The summed E-state index contributed by atoms with van der Waals surface area (Å²) in [5.74, 6) is 0. The summed E-state index contributed by atoms with van der Waals surface area (Å²) in [5, 5.41) is 9.55. The Bertz CT molecular complexity index is 237. The van der Waals surface area contributed by atoms with Crippen molar-refractivity contribution >= 4 is 0 Å². The molecule has 17 heavy (non-hydrogen) atoms. The largest absolute Gasteiger partial charge is 0.392 e. The van der Waals surface area contributed by atoms with E-state index in [0.717, 1.165) is 19.0 Å². The molecule has 0 saturated carbocycles. The molecule has 4 heteroatoms. The highest BCUT2D eigenvalue weighted by atomic mass is 16.3. The molecule has 0 amide bonds. The van der Waals surface area contributed by atoms with Crippen LogP contribution in [0, 0.1) is 0 Å². The molecule has 2 saturated heterocycles. The number of aliphatic hydroxyl groups is 1. The first-order valence-electron chi connectivity index (χ1n) is 7.07. The second-order valence-electron chi connectivity index (χ2n) is 5.67. The van der Waals surface area contributed by atoms with Crippen LogP contribution in [0.4, 0.5) is 0 Å². The van der Waals surface area contributed by atoms with E-state index in [1.807, 2.05) is 0 Å². The summed E-state index contributed by atoms with van der Waals surface area (Å²) in [6.07, 6.45) is 4.59. The van der Waals surface area contributed by atoms with Crippen LogP contribution < -0.4 is 5.73 Å². The molecule has 2 aliphatic rings. The van der Waals surface area contributed by atoms with Crippen molar-refractivity contribution in [1.82, 2.24) is 9.80 Å². The number of hydrogen-bond donors (Lipinski definition) is 2. The van der Waals surface area contributed by atoms with Gasteiger partial charge in [0.1, 0.15) is 0 Å². The van der Waals surface area contributed by atoms with E-state index < -0.39 is 0 Å². The van der Waals surface area contributed by atoms with E-state index in [2.05, 4.69) is 16.7 Å². The number of nitrogens with zero attached hydrogens (tertiary/aromatic N) is 2. The van der Waals surface area contributed by atoms with E-state index >= 15 is 0 Å². The number of piperidine rings is 1. The zero-order valence-corrected chi connectivity index (χ0v) is 11.0. The van der Waals surface area contributed by atoms with Crippen LogP contribution in [-0.2, 0) is 0 Å². The fraction of sp³-hybridized carbons (Fsp3) is 1.00. The van der Waals surface area contributed by atoms with Gasteiger partial charge < -0.3 is 10.8 Å². The Morgan fingerprint density at radius 1 is 1.35 bits per heavy atom. The average Bonchev–Trinajstić information content (AvgIpc) is 2.35. The second kappa shape index (κ2) is 6.14. The highest BCUT2D eigenvalue weighted by Gasteiger charge is 2.32. The van der Waals surface area contributed by atoms with Crippen molar-refractivity contribution in [3.63, 3.8) is 0 Å². The summed E-state index contributed by atoms with van der Waals surface area (Å²) < 4.78 is 0. The maximum absolute atomic E-state index is 9.55. The molecule has 2 aliphatic heterocycles. The van der Waals surface area contributed by atoms with Gasteiger partial charge in [0.2, 0.25) is 0 Å². The van der Waals surface area contributed by atoms with Gasteiger partial charge in [-0.3, -0.25) is 9.80 Å². The molecule has 2 fully saturated rings. The standard InChI is InChI=1S/C13H27N3O/c1-11-9-16-6-3-2-4-12(16)10-15(11)7-5-13(17)8-14/h11-13,17H,2-10,14H2,1H3. The lowest BCUT2D eigenvalue weighted by molar-refractivity contribution is 0.00878. The molecule has 2 rings (SSSR count). The molecule has 2 heterocycles. The first kappa shape index (κ1) is 13.3. The Hall–Kier alpha value is -0.160. The molecule has 0 spiro atoms.